The van der Waals surface area contributed by atoms with Crippen LogP contribution in [0.15, 0.2) is 91.0 Å². The average molecular weight is 426 g/mol. The maximum Gasteiger partial charge on any atom is 0.116 e. The topological polar surface area (TPSA) is 23.5 Å². The monoisotopic (exact) mass is 425 g/mol. The number of aliphatic hydroxyl groups is 1. The van der Waals surface area contributed by atoms with Crippen LogP contribution < -0.4 is 0 Å². The summed E-state index contributed by atoms with van der Waals surface area (Å²) in [5, 5.41) is 11.7. The largest absolute Gasteiger partial charge is 0.380 e. The zero-order valence-electron chi connectivity index (χ0n) is 16.0. The molecule has 0 amide bonds. The van der Waals surface area contributed by atoms with Gasteiger partial charge in [0.15, 0.2) is 0 Å². The molecular formula is C24H28BrNO. The van der Waals surface area contributed by atoms with E-state index in [0.29, 0.717) is 6.42 Å². The molecule has 0 bridgehead atoms. The van der Waals surface area contributed by atoms with Gasteiger partial charge in [-0.1, -0.05) is 91.0 Å². The zero-order valence-corrected chi connectivity index (χ0v) is 17.7. The Kier molecular flexibility index (Phi) is 7.78. The third kappa shape index (κ3) is 5.29. The van der Waals surface area contributed by atoms with Crippen LogP contribution in [0.2, 0.25) is 0 Å². The van der Waals surface area contributed by atoms with E-state index >= 15 is 0 Å². The Morgan fingerprint density at radius 3 is 1.63 bits per heavy atom. The first-order valence-electron chi connectivity index (χ1n) is 9.17. The molecule has 1 atom stereocenters. The van der Waals surface area contributed by atoms with Crippen molar-refractivity contribution in [3.05, 3.63) is 108 Å². The smallest absolute Gasteiger partial charge is 0.116 e. The predicted octanol–water partition coefficient (Wildman–Crippen LogP) is 5.41. The van der Waals surface area contributed by atoms with Crippen molar-refractivity contribution < 1.29 is 5.11 Å². The lowest BCUT2D eigenvalue weighted by atomic mass is 9.81. The fraction of sp³-hybridized carbons (Fsp3) is 0.250. The molecule has 3 aromatic rings. The van der Waals surface area contributed by atoms with Gasteiger partial charge in [0.2, 0.25) is 0 Å². The minimum absolute atomic E-state index is 0. The van der Waals surface area contributed by atoms with Crippen LogP contribution in [-0.2, 0) is 12.1 Å². The molecule has 0 saturated carbocycles. The van der Waals surface area contributed by atoms with Crippen LogP contribution in [0, 0.1) is 0 Å². The fourth-order valence-corrected chi connectivity index (χ4v) is 3.44. The Balaban J connectivity index is 0.00000261. The first kappa shape index (κ1) is 21.4. The van der Waals surface area contributed by atoms with Crippen molar-refractivity contribution in [3.8, 4) is 0 Å². The van der Waals surface area contributed by atoms with E-state index in [1.807, 2.05) is 66.7 Å². The maximum atomic E-state index is 11.7. The number of halogens is 1. The summed E-state index contributed by atoms with van der Waals surface area (Å²) in [4.78, 5) is 2.30. The van der Waals surface area contributed by atoms with Crippen LogP contribution in [0.5, 0.6) is 0 Å². The van der Waals surface area contributed by atoms with Crippen LogP contribution in [0.25, 0.3) is 0 Å². The Hall–Kier alpha value is -1.94. The van der Waals surface area contributed by atoms with Gasteiger partial charge in [0.1, 0.15) is 5.60 Å². The van der Waals surface area contributed by atoms with Crippen LogP contribution in [0.3, 0.4) is 0 Å². The lowest BCUT2D eigenvalue weighted by Gasteiger charge is -2.35. The third-order valence-electron chi connectivity index (χ3n) is 5.12. The zero-order chi connectivity index (χ0) is 18.4. The standard InChI is InChI=1S/C24H27NO.BrH/c1-20(25(2)19-21-12-6-3-7-13-21)18-24(26,22-14-8-4-9-15-22)23-16-10-5-11-17-23;/h3-17,20,26H,18-19H2,1-2H3;1H. The first-order valence-corrected chi connectivity index (χ1v) is 9.17. The highest BCUT2D eigenvalue weighted by Gasteiger charge is 2.34. The number of nitrogens with zero attached hydrogens (tertiary/aromatic N) is 1. The molecule has 142 valence electrons. The summed E-state index contributed by atoms with van der Waals surface area (Å²) in [5.41, 5.74) is 2.15. The second-order valence-electron chi connectivity index (χ2n) is 7.05. The molecule has 0 aliphatic heterocycles. The molecule has 3 rings (SSSR count). The van der Waals surface area contributed by atoms with Crippen molar-refractivity contribution in [1.29, 1.82) is 0 Å². The van der Waals surface area contributed by atoms with Crippen molar-refractivity contribution in [2.45, 2.75) is 31.5 Å². The summed E-state index contributed by atoms with van der Waals surface area (Å²) in [5.74, 6) is 0. The van der Waals surface area contributed by atoms with Crippen LogP contribution >= 0.6 is 17.0 Å². The minimum Gasteiger partial charge on any atom is -0.380 e. The molecule has 0 heterocycles. The molecule has 3 aromatic carbocycles. The van der Waals surface area contributed by atoms with E-state index in [4.69, 9.17) is 0 Å². The van der Waals surface area contributed by atoms with Crippen molar-refractivity contribution >= 4 is 17.0 Å². The lowest BCUT2D eigenvalue weighted by Crippen LogP contribution is -2.38. The summed E-state index contributed by atoms with van der Waals surface area (Å²) in [6.07, 6.45) is 0.629. The van der Waals surface area contributed by atoms with Gasteiger partial charge >= 0.3 is 0 Å². The van der Waals surface area contributed by atoms with Crippen LogP contribution in [-0.4, -0.2) is 23.1 Å². The van der Waals surface area contributed by atoms with Crippen molar-refractivity contribution in [2.75, 3.05) is 7.05 Å². The Bertz CT molecular complexity index is 753. The Labute approximate surface area is 173 Å². The molecule has 0 aromatic heterocycles. The highest BCUT2D eigenvalue weighted by molar-refractivity contribution is 8.93. The van der Waals surface area contributed by atoms with Gasteiger partial charge in [0.25, 0.3) is 0 Å². The van der Waals surface area contributed by atoms with Gasteiger partial charge in [0, 0.05) is 12.6 Å². The fourth-order valence-electron chi connectivity index (χ4n) is 3.44. The number of rotatable bonds is 7. The summed E-state index contributed by atoms with van der Waals surface area (Å²) < 4.78 is 0. The summed E-state index contributed by atoms with van der Waals surface area (Å²) in [6, 6.07) is 30.6. The molecule has 0 aliphatic carbocycles. The van der Waals surface area contributed by atoms with Gasteiger partial charge in [0.05, 0.1) is 0 Å². The Morgan fingerprint density at radius 1 is 0.778 bits per heavy atom. The molecule has 2 nitrogen and oxygen atoms in total. The molecule has 0 spiro atoms. The molecule has 27 heavy (non-hydrogen) atoms. The van der Waals surface area contributed by atoms with E-state index < -0.39 is 5.60 Å². The van der Waals surface area contributed by atoms with Crippen LogP contribution in [0.1, 0.15) is 30.0 Å². The minimum atomic E-state index is -1.01. The molecular weight excluding hydrogens is 398 g/mol. The normalized spacial score (nSPS) is 12.4. The van der Waals surface area contributed by atoms with Gasteiger partial charge in [-0.3, -0.25) is 4.90 Å². The van der Waals surface area contributed by atoms with Crippen molar-refractivity contribution in [3.63, 3.8) is 0 Å². The quantitative estimate of drug-likeness (QED) is 0.546. The van der Waals surface area contributed by atoms with Gasteiger partial charge in [-0.15, -0.1) is 17.0 Å². The van der Waals surface area contributed by atoms with E-state index in [9.17, 15) is 5.11 Å². The van der Waals surface area contributed by atoms with E-state index in [-0.39, 0.29) is 23.0 Å². The second kappa shape index (κ2) is 9.84. The molecule has 0 radical (unpaired) electrons. The molecule has 0 aliphatic rings. The number of hydrogen-bond acceptors (Lipinski definition) is 2. The molecule has 0 fully saturated rings. The molecule has 3 heteroatoms. The molecule has 0 saturated heterocycles. The van der Waals surface area contributed by atoms with Crippen molar-refractivity contribution in [1.82, 2.24) is 4.90 Å². The van der Waals surface area contributed by atoms with Gasteiger partial charge in [-0.05, 0) is 37.1 Å². The van der Waals surface area contributed by atoms with Gasteiger partial charge < -0.3 is 5.11 Å². The summed E-state index contributed by atoms with van der Waals surface area (Å²) in [6.45, 7) is 3.04. The second-order valence-corrected chi connectivity index (χ2v) is 7.05. The highest BCUT2D eigenvalue weighted by Crippen LogP contribution is 2.35. The average Bonchev–Trinajstić information content (AvgIpc) is 2.70. The Morgan fingerprint density at radius 2 is 1.19 bits per heavy atom. The predicted molar refractivity (Wildman–Crippen MR) is 118 cm³/mol. The van der Waals surface area contributed by atoms with E-state index in [2.05, 4.69) is 43.1 Å². The SMILES string of the molecule is Br.CC(CC(O)(c1ccccc1)c1ccccc1)N(C)Cc1ccccc1. The van der Waals surface area contributed by atoms with Crippen LogP contribution in [0.4, 0.5) is 0 Å². The lowest BCUT2D eigenvalue weighted by molar-refractivity contribution is 0.0407. The van der Waals surface area contributed by atoms with Gasteiger partial charge in [-0.2, -0.15) is 0 Å². The summed E-state index contributed by atoms with van der Waals surface area (Å²) in [7, 11) is 2.12. The third-order valence-corrected chi connectivity index (χ3v) is 5.12. The first-order chi connectivity index (χ1) is 12.6. The number of benzene rings is 3. The van der Waals surface area contributed by atoms with E-state index in [1.165, 1.54) is 5.56 Å². The van der Waals surface area contributed by atoms with Crippen molar-refractivity contribution in [2.24, 2.45) is 0 Å². The highest BCUT2D eigenvalue weighted by atomic mass is 79.9. The maximum absolute atomic E-state index is 11.7. The molecule has 1 N–H and O–H groups in total. The van der Waals surface area contributed by atoms with E-state index in [0.717, 1.165) is 17.7 Å². The summed E-state index contributed by atoms with van der Waals surface area (Å²) >= 11 is 0. The number of hydrogen-bond donors (Lipinski definition) is 1. The molecule has 1 unspecified atom stereocenters. The van der Waals surface area contributed by atoms with E-state index in [1.54, 1.807) is 0 Å². The van der Waals surface area contributed by atoms with Gasteiger partial charge in [-0.25, -0.2) is 0 Å².